The number of rotatable bonds is 7. The summed E-state index contributed by atoms with van der Waals surface area (Å²) in [7, 11) is 0. The first-order chi connectivity index (χ1) is 15.0. The van der Waals surface area contributed by atoms with Crippen LogP contribution >= 0.6 is 0 Å². The van der Waals surface area contributed by atoms with Crippen molar-refractivity contribution in [2.24, 2.45) is 0 Å². The normalized spacial score (nSPS) is 19.9. The molecule has 3 aromatic rings. The SMILES string of the molecule is CC1(c2c(F)cccc2F)CC1NC(=O)/C=C/c1ccc(OCc2cccnc2)cc1. The molecule has 2 aromatic carbocycles. The molecule has 0 saturated heterocycles. The number of benzene rings is 2. The van der Waals surface area contributed by atoms with Crippen molar-refractivity contribution in [2.45, 2.75) is 31.4 Å². The van der Waals surface area contributed by atoms with Crippen LogP contribution in [0.2, 0.25) is 0 Å². The molecule has 2 unspecified atom stereocenters. The predicted octanol–water partition coefficient (Wildman–Crippen LogP) is 4.80. The number of pyridine rings is 1. The van der Waals surface area contributed by atoms with Crippen LogP contribution in [0.3, 0.4) is 0 Å². The van der Waals surface area contributed by atoms with Gasteiger partial charge in [0.2, 0.25) is 5.91 Å². The minimum atomic E-state index is -0.730. The lowest BCUT2D eigenvalue weighted by atomic mass is 9.96. The van der Waals surface area contributed by atoms with Crippen molar-refractivity contribution in [1.29, 1.82) is 0 Å². The summed E-state index contributed by atoms with van der Waals surface area (Å²) in [5.41, 5.74) is 1.12. The molecule has 4 nitrogen and oxygen atoms in total. The Morgan fingerprint density at radius 2 is 1.90 bits per heavy atom. The van der Waals surface area contributed by atoms with Crippen LogP contribution < -0.4 is 10.1 Å². The summed E-state index contributed by atoms with van der Waals surface area (Å²) in [5, 5.41) is 2.83. The fourth-order valence-corrected chi connectivity index (χ4v) is 3.61. The minimum absolute atomic E-state index is 0.0335. The van der Waals surface area contributed by atoms with Crippen LogP contribution in [0.1, 0.15) is 30.0 Å². The van der Waals surface area contributed by atoms with E-state index in [1.165, 1.54) is 24.3 Å². The molecule has 0 aliphatic heterocycles. The summed E-state index contributed by atoms with van der Waals surface area (Å²) >= 11 is 0. The summed E-state index contributed by atoms with van der Waals surface area (Å²) in [6.07, 6.45) is 7.06. The summed E-state index contributed by atoms with van der Waals surface area (Å²) < 4.78 is 33.9. The van der Waals surface area contributed by atoms with Gasteiger partial charge in [-0.05, 0) is 48.4 Å². The van der Waals surface area contributed by atoms with Crippen molar-refractivity contribution in [3.8, 4) is 5.75 Å². The molecule has 1 saturated carbocycles. The van der Waals surface area contributed by atoms with Crippen molar-refractivity contribution in [1.82, 2.24) is 10.3 Å². The highest BCUT2D eigenvalue weighted by atomic mass is 19.1. The van der Waals surface area contributed by atoms with Crippen molar-refractivity contribution >= 4 is 12.0 Å². The molecule has 4 rings (SSSR count). The van der Waals surface area contributed by atoms with Gasteiger partial charge in [0.1, 0.15) is 24.0 Å². The Morgan fingerprint density at radius 3 is 2.58 bits per heavy atom. The number of hydrogen-bond donors (Lipinski definition) is 1. The van der Waals surface area contributed by atoms with Gasteiger partial charge in [-0.15, -0.1) is 0 Å². The van der Waals surface area contributed by atoms with Crippen molar-refractivity contribution < 1.29 is 18.3 Å². The van der Waals surface area contributed by atoms with Crippen LogP contribution in [0.25, 0.3) is 6.08 Å². The fourth-order valence-electron chi connectivity index (χ4n) is 3.61. The standard InChI is InChI=1S/C25H22F2N2O2/c1-25(24-20(26)5-2-6-21(24)27)14-22(25)29-23(30)12-9-17-7-10-19(11-8-17)31-16-18-4-3-13-28-15-18/h2-13,15,22H,14,16H2,1H3,(H,29,30)/b12-9+. The molecule has 0 radical (unpaired) electrons. The molecular formula is C25H22F2N2O2. The maximum atomic E-state index is 14.1. The number of amides is 1. The number of nitrogens with zero attached hydrogens (tertiary/aromatic N) is 1. The molecule has 1 heterocycles. The van der Waals surface area contributed by atoms with Crippen LogP contribution in [0.15, 0.2) is 73.1 Å². The average Bonchev–Trinajstić information content (AvgIpc) is 3.41. The number of halogens is 2. The smallest absolute Gasteiger partial charge is 0.244 e. The van der Waals surface area contributed by atoms with E-state index in [1.54, 1.807) is 25.4 Å². The zero-order valence-electron chi connectivity index (χ0n) is 17.0. The van der Waals surface area contributed by atoms with Crippen LogP contribution in [-0.4, -0.2) is 16.9 Å². The van der Waals surface area contributed by atoms with Gasteiger partial charge in [0.05, 0.1) is 0 Å². The van der Waals surface area contributed by atoms with E-state index in [9.17, 15) is 13.6 Å². The molecule has 1 aromatic heterocycles. The number of carbonyl (C=O) groups is 1. The Bertz CT molecular complexity index is 1080. The Kier molecular flexibility index (Phi) is 5.80. The van der Waals surface area contributed by atoms with Gasteiger partial charge < -0.3 is 10.1 Å². The molecular weight excluding hydrogens is 398 g/mol. The summed E-state index contributed by atoms with van der Waals surface area (Å²) in [6.45, 7) is 2.18. The molecule has 0 bridgehead atoms. The third-order valence-electron chi connectivity index (χ3n) is 5.52. The number of aromatic nitrogens is 1. The fraction of sp³-hybridized carbons (Fsp3) is 0.200. The largest absolute Gasteiger partial charge is 0.489 e. The average molecular weight is 420 g/mol. The molecule has 1 aliphatic rings. The van der Waals surface area contributed by atoms with E-state index in [0.29, 0.717) is 18.8 Å². The number of carbonyl (C=O) groups excluding carboxylic acids is 1. The van der Waals surface area contributed by atoms with Crippen LogP contribution in [0.4, 0.5) is 8.78 Å². The van der Waals surface area contributed by atoms with Gasteiger partial charge in [0.25, 0.3) is 0 Å². The van der Waals surface area contributed by atoms with Crippen LogP contribution in [0.5, 0.6) is 5.75 Å². The molecule has 6 heteroatoms. The summed E-state index contributed by atoms with van der Waals surface area (Å²) in [4.78, 5) is 16.3. The predicted molar refractivity (Wildman–Crippen MR) is 114 cm³/mol. The van der Waals surface area contributed by atoms with Gasteiger partial charge in [-0.2, -0.15) is 0 Å². The molecule has 1 N–H and O–H groups in total. The van der Waals surface area contributed by atoms with Gasteiger partial charge >= 0.3 is 0 Å². The minimum Gasteiger partial charge on any atom is -0.489 e. The monoisotopic (exact) mass is 420 g/mol. The highest BCUT2D eigenvalue weighted by Crippen LogP contribution is 2.49. The van der Waals surface area contributed by atoms with E-state index in [1.807, 2.05) is 36.4 Å². The second kappa shape index (κ2) is 8.68. The Balaban J connectivity index is 1.30. The van der Waals surface area contributed by atoms with Gasteiger partial charge in [0.15, 0.2) is 0 Å². The van der Waals surface area contributed by atoms with Crippen LogP contribution in [-0.2, 0) is 16.8 Å². The maximum Gasteiger partial charge on any atom is 0.244 e. The van der Waals surface area contributed by atoms with E-state index in [0.717, 1.165) is 11.1 Å². The van der Waals surface area contributed by atoms with Crippen molar-refractivity contribution in [3.05, 3.63) is 101 Å². The van der Waals surface area contributed by atoms with E-state index >= 15 is 0 Å². The highest BCUT2D eigenvalue weighted by Gasteiger charge is 2.54. The van der Waals surface area contributed by atoms with E-state index in [2.05, 4.69) is 10.3 Å². The highest BCUT2D eigenvalue weighted by molar-refractivity contribution is 5.92. The van der Waals surface area contributed by atoms with Crippen LogP contribution in [0, 0.1) is 11.6 Å². The first kappa shape index (κ1) is 20.7. The zero-order valence-corrected chi connectivity index (χ0v) is 17.0. The van der Waals surface area contributed by atoms with Gasteiger partial charge in [-0.25, -0.2) is 8.78 Å². The quantitative estimate of drug-likeness (QED) is 0.559. The third kappa shape index (κ3) is 4.79. The molecule has 2 atom stereocenters. The molecule has 158 valence electrons. The lowest BCUT2D eigenvalue weighted by Crippen LogP contribution is -2.29. The van der Waals surface area contributed by atoms with Gasteiger partial charge in [0, 0.05) is 41.1 Å². The van der Waals surface area contributed by atoms with E-state index < -0.39 is 17.0 Å². The van der Waals surface area contributed by atoms with E-state index in [-0.39, 0.29) is 17.5 Å². The Hall–Kier alpha value is -3.54. The topological polar surface area (TPSA) is 51.2 Å². The number of nitrogens with one attached hydrogen (secondary N) is 1. The molecule has 1 aliphatic carbocycles. The summed E-state index contributed by atoms with van der Waals surface area (Å²) in [6, 6.07) is 14.7. The molecule has 1 amide bonds. The Labute approximate surface area is 179 Å². The second-order valence-electron chi connectivity index (χ2n) is 7.83. The zero-order chi connectivity index (χ0) is 21.8. The first-order valence-electron chi connectivity index (χ1n) is 10.0. The molecule has 1 fully saturated rings. The number of ether oxygens (including phenoxy) is 1. The second-order valence-corrected chi connectivity index (χ2v) is 7.83. The van der Waals surface area contributed by atoms with E-state index in [4.69, 9.17) is 4.74 Å². The third-order valence-corrected chi connectivity index (χ3v) is 5.52. The number of hydrogen-bond acceptors (Lipinski definition) is 3. The summed E-state index contributed by atoms with van der Waals surface area (Å²) in [5.74, 6) is -0.755. The maximum absolute atomic E-state index is 14.1. The van der Waals surface area contributed by atoms with Crippen molar-refractivity contribution in [2.75, 3.05) is 0 Å². The van der Waals surface area contributed by atoms with Gasteiger partial charge in [-0.1, -0.05) is 31.2 Å². The molecule has 0 spiro atoms. The van der Waals surface area contributed by atoms with Crippen molar-refractivity contribution in [3.63, 3.8) is 0 Å². The molecule has 31 heavy (non-hydrogen) atoms. The van der Waals surface area contributed by atoms with Gasteiger partial charge in [-0.3, -0.25) is 9.78 Å². The lowest BCUT2D eigenvalue weighted by Gasteiger charge is -2.14. The Morgan fingerprint density at radius 1 is 1.16 bits per heavy atom. The lowest BCUT2D eigenvalue weighted by molar-refractivity contribution is -0.116. The first-order valence-corrected chi connectivity index (χ1v) is 10.0.